The van der Waals surface area contributed by atoms with Crippen molar-refractivity contribution in [1.29, 1.82) is 0 Å². The van der Waals surface area contributed by atoms with E-state index in [1.807, 2.05) is 32.0 Å². The molecule has 2 rings (SSSR count). The molecule has 0 aliphatic rings. The second-order valence-electron chi connectivity index (χ2n) is 6.38. The molecule has 0 radical (unpaired) electrons. The third-order valence-corrected chi connectivity index (χ3v) is 4.18. The van der Waals surface area contributed by atoms with Crippen molar-refractivity contribution < 1.29 is 14.3 Å². The van der Waals surface area contributed by atoms with Crippen LogP contribution < -0.4 is 16.0 Å². The zero-order chi connectivity index (χ0) is 19.6. The van der Waals surface area contributed by atoms with Crippen LogP contribution >= 0.6 is 0 Å². The quantitative estimate of drug-likeness (QED) is 0.594. The number of ether oxygens (including phenoxy) is 1. The molecule has 0 fully saturated rings. The molecule has 27 heavy (non-hydrogen) atoms. The lowest BCUT2D eigenvalue weighted by Crippen LogP contribution is -2.25. The summed E-state index contributed by atoms with van der Waals surface area (Å²) in [6.07, 6.45) is 0.753. The molecular formula is C21H27N3O3. The van der Waals surface area contributed by atoms with E-state index in [1.165, 1.54) is 11.1 Å². The second kappa shape index (κ2) is 10.3. The molecular weight excluding hydrogens is 342 g/mol. The van der Waals surface area contributed by atoms with Crippen LogP contribution in [-0.2, 0) is 9.53 Å². The minimum Gasteiger partial charge on any atom is -0.385 e. The third-order valence-electron chi connectivity index (χ3n) is 4.18. The summed E-state index contributed by atoms with van der Waals surface area (Å²) in [5.74, 6) is -0.346. The van der Waals surface area contributed by atoms with Gasteiger partial charge in [-0.25, -0.2) is 0 Å². The second-order valence-corrected chi connectivity index (χ2v) is 6.38. The Kier molecular flexibility index (Phi) is 7.82. The van der Waals surface area contributed by atoms with E-state index in [2.05, 4.69) is 16.0 Å². The first-order chi connectivity index (χ1) is 13.0. The number of carbonyl (C=O) groups is 2. The Bertz CT molecular complexity index is 790. The Morgan fingerprint density at radius 2 is 1.81 bits per heavy atom. The largest absolute Gasteiger partial charge is 0.385 e. The molecule has 0 aromatic heterocycles. The molecule has 0 aliphatic heterocycles. The van der Waals surface area contributed by atoms with Crippen molar-refractivity contribution in [2.75, 3.05) is 37.4 Å². The SMILES string of the molecule is COCCCNC(=O)c1cccc(NC(=O)CNc2ccc(C)c(C)c2)c1. The van der Waals surface area contributed by atoms with Crippen molar-refractivity contribution in [3.05, 3.63) is 59.2 Å². The molecule has 0 atom stereocenters. The number of benzene rings is 2. The first kappa shape index (κ1) is 20.5. The number of methoxy groups -OCH3 is 1. The van der Waals surface area contributed by atoms with Gasteiger partial charge in [0.2, 0.25) is 5.91 Å². The molecule has 0 spiro atoms. The minimum atomic E-state index is -0.175. The number of carbonyl (C=O) groups excluding carboxylic acids is 2. The van der Waals surface area contributed by atoms with Crippen LogP contribution in [0.15, 0.2) is 42.5 Å². The van der Waals surface area contributed by atoms with Gasteiger partial charge in [-0.15, -0.1) is 0 Å². The minimum absolute atomic E-state index is 0.149. The number of aryl methyl sites for hydroxylation is 2. The Hall–Kier alpha value is -2.86. The Morgan fingerprint density at radius 3 is 2.56 bits per heavy atom. The standard InChI is InChI=1S/C21H27N3O3/c1-15-8-9-18(12-16(15)2)23-14-20(25)24-19-7-4-6-17(13-19)21(26)22-10-5-11-27-3/h4,6-9,12-13,23H,5,10-11,14H2,1-3H3,(H,22,26)(H,24,25). The van der Waals surface area contributed by atoms with Crippen LogP contribution in [0, 0.1) is 13.8 Å². The van der Waals surface area contributed by atoms with E-state index in [0.717, 1.165) is 12.1 Å². The van der Waals surface area contributed by atoms with E-state index in [-0.39, 0.29) is 18.4 Å². The van der Waals surface area contributed by atoms with E-state index >= 15 is 0 Å². The van der Waals surface area contributed by atoms with Crippen LogP contribution in [0.3, 0.4) is 0 Å². The Morgan fingerprint density at radius 1 is 1.00 bits per heavy atom. The van der Waals surface area contributed by atoms with Crippen molar-refractivity contribution in [3.8, 4) is 0 Å². The fourth-order valence-corrected chi connectivity index (χ4v) is 2.50. The highest BCUT2D eigenvalue weighted by atomic mass is 16.5. The first-order valence-electron chi connectivity index (χ1n) is 8.98. The molecule has 3 N–H and O–H groups in total. The van der Waals surface area contributed by atoms with Crippen LogP contribution in [-0.4, -0.2) is 38.6 Å². The lowest BCUT2D eigenvalue weighted by Gasteiger charge is -2.10. The highest BCUT2D eigenvalue weighted by Crippen LogP contribution is 2.14. The summed E-state index contributed by atoms with van der Waals surface area (Å²) >= 11 is 0. The van der Waals surface area contributed by atoms with Crippen molar-refractivity contribution in [3.63, 3.8) is 0 Å². The Balaban J connectivity index is 1.86. The smallest absolute Gasteiger partial charge is 0.251 e. The van der Waals surface area contributed by atoms with Crippen molar-refractivity contribution in [2.24, 2.45) is 0 Å². The molecule has 6 heteroatoms. The van der Waals surface area contributed by atoms with Gasteiger partial charge in [0.15, 0.2) is 0 Å². The van der Waals surface area contributed by atoms with Gasteiger partial charge in [-0.1, -0.05) is 12.1 Å². The lowest BCUT2D eigenvalue weighted by molar-refractivity contribution is -0.114. The highest BCUT2D eigenvalue weighted by molar-refractivity contribution is 5.98. The average Bonchev–Trinajstić information content (AvgIpc) is 2.66. The molecule has 2 aromatic rings. The summed E-state index contributed by atoms with van der Waals surface area (Å²) in [5, 5.41) is 8.74. The molecule has 144 valence electrons. The zero-order valence-corrected chi connectivity index (χ0v) is 16.1. The number of amides is 2. The van der Waals surface area contributed by atoms with Gasteiger partial charge in [0.1, 0.15) is 0 Å². The molecule has 2 aromatic carbocycles. The van der Waals surface area contributed by atoms with Crippen LogP contribution in [0.1, 0.15) is 27.9 Å². The van der Waals surface area contributed by atoms with Crippen LogP contribution in [0.4, 0.5) is 11.4 Å². The van der Waals surface area contributed by atoms with Gasteiger partial charge in [-0.05, 0) is 61.7 Å². The monoisotopic (exact) mass is 369 g/mol. The van der Waals surface area contributed by atoms with Crippen molar-refractivity contribution >= 4 is 23.2 Å². The van der Waals surface area contributed by atoms with E-state index in [0.29, 0.717) is 24.4 Å². The van der Waals surface area contributed by atoms with E-state index < -0.39 is 0 Å². The summed E-state index contributed by atoms with van der Waals surface area (Å²) < 4.78 is 4.95. The molecule has 0 aliphatic carbocycles. The fraction of sp³-hybridized carbons (Fsp3) is 0.333. The Labute approximate surface area is 160 Å². The van der Waals surface area contributed by atoms with Gasteiger partial charge < -0.3 is 20.7 Å². The molecule has 0 saturated carbocycles. The number of anilines is 2. The van der Waals surface area contributed by atoms with Gasteiger partial charge in [0, 0.05) is 37.2 Å². The van der Waals surface area contributed by atoms with Crippen LogP contribution in [0.5, 0.6) is 0 Å². The topological polar surface area (TPSA) is 79.5 Å². The highest BCUT2D eigenvalue weighted by Gasteiger charge is 2.08. The van der Waals surface area contributed by atoms with E-state index in [1.54, 1.807) is 31.4 Å². The maximum absolute atomic E-state index is 12.2. The van der Waals surface area contributed by atoms with Crippen LogP contribution in [0.2, 0.25) is 0 Å². The average molecular weight is 369 g/mol. The number of hydrogen-bond donors (Lipinski definition) is 3. The summed E-state index contributed by atoms with van der Waals surface area (Å²) in [6, 6.07) is 12.9. The molecule has 0 heterocycles. The van der Waals surface area contributed by atoms with Gasteiger partial charge >= 0.3 is 0 Å². The maximum Gasteiger partial charge on any atom is 0.251 e. The molecule has 6 nitrogen and oxygen atoms in total. The first-order valence-corrected chi connectivity index (χ1v) is 8.98. The predicted octanol–water partition coefficient (Wildman–Crippen LogP) is 3.12. The van der Waals surface area contributed by atoms with Gasteiger partial charge in [-0.3, -0.25) is 9.59 Å². The molecule has 0 saturated heterocycles. The summed E-state index contributed by atoms with van der Waals surface area (Å²) in [6.45, 7) is 5.38. The van der Waals surface area contributed by atoms with Gasteiger partial charge in [-0.2, -0.15) is 0 Å². The molecule has 0 bridgehead atoms. The number of hydrogen-bond acceptors (Lipinski definition) is 4. The summed E-state index contributed by atoms with van der Waals surface area (Å²) in [5.41, 5.74) is 4.38. The summed E-state index contributed by atoms with van der Waals surface area (Å²) in [7, 11) is 1.63. The van der Waals surface area contributed by atoms with Crippen LogP contribution in [0.25, 0.3) is 0 Å². The van der Waals surface area contributed by atoms with Crippen molar-refractivity contribution in [1.82, 2.24) is 5.32 Å². The van der Waals surface area contributed by atoms with Crippen molar-refractivity contribution in [2.45, 2.75) is 20.3 Å². The normalized spacial score (nSPS) is 10.3. The third kappa shape index (κ3) is 6.75. The van der Waals surface area contributed by atoms with E-state index in [9.17, 15) is 9.59 Å². The van der Waals surface area contributed by atoms with Gasteiger partial charge in [0.05, 0.1) is 6.54 Å². The predicted molar refractivity (Wildman–Crippen MR) is 108 cm³/mol. The molecule has 2 amide bonds. The summed E-state index contributed by atoms with van der Waals surface area (Å²) in [4.78, 5) is 24.3. The maximum atomic E-state index is 12.2. The number of nitrogens with one attached hydrogen (secondary N) is 3. The zero-order valence-electron chi connectivity index (χ0n) is 16.1. The van der Waals surface area contributed by atoms with E-state index in [4.69, 9.17) is 4.74 Å². The fourth-order valence-electron chi connectivity index (χ4n) is 2.50. The number of rotatable bonds is 9. The molecule has 0 unspecified atom stereocenters. The van der Waals surface area contributed by atoms with Gasteiger partial charge in [0.25, 0.3) is 5.91 Å². The lowest BCUT2D eigenvalue weighted by atomic mass is 10.1.